The van der Waals surface area contributed by atoms with Crippen molar-refractivity contribution in [3.05, 3.63) is 40.3 Å². The summed E-state index contributed by atoms with van der Waals surface area (Å²) in [4.78, 5) is 33.6. The lowest BCUT2D eigenvalue weighted by atomic mass is 9.90. The maximum atomic E-state index is 12.1. The van der Waals surface area contributed by atoms with E-state index in [2.05, 4.69) is 34.2 Å². The number of H-pyrrole nitrogens is 1. The summed E-state index contributed by atoms with van der Waals surface area (Å²) >= 11 is 0. The van der Waals surface area contributed by atoms with Gasteiger partial charge in [0.2, 0.25) is 5.91 Å². The number of aromatic amines is 1. The minimum Gasteiger partial charge on any atom is -0.355 e. The molecule has 0 radical (unpaired) electrons. The van der Waals surface area contributed by atoms with Crippen molar-refractivity contribution >= 4 is 16.9 Å². The van der Waals surface area contributed by atoms with E-state index in [1.54, 1.807) is 0 Å². The van der Waals surface area contributed by atoms with Crippen LogP contribution in [0.2, 0.25) is 0 Å². The molecule has 2 heterocycles. The number of nitrogens with one attached hydrogen (secondary N) is 2. The molecule has 24 heavy (non-hydrogen) atoms. The number of hydrogen-bond acceptors (Lipinski definition) is 4. The number of aryl methyl sites for hydroxylation is 1. The second-order valence-electron chi connectivity index (χ2n) is 7.10. The van der Waals surface area contributed by atoms with Crippen LogP contribution in [0.5, 0.6) is 0 Å². The Hall–Kier alpha value is -2.21. The highest BCUT2D eigenvalue weighted by molar-refractivity contribution is 5.76. The van der Waals surface area contributed by atoms with E-state index in [-0.39, 0.29) is 23.3 Å². The van der Waals surface area contributed by atoms with Crippen molar-refractivity contribution in [2.24, 2.45) is 5.41 Å². The largest absolute Gasteiger partial charge is 0.355 e. The maximum Gasteiger partial charge on any atom is 0.270 e. The summed E-state index contributed by atoms with van der Waals surface area (Å²) in [6, 6.07) is 7.41. The summed E-state index contributed by atoms with van der Waals surface area (Å²) in [6.07, 6.45) is 1.72. The second kappa shape index (κ2) is 6.73. The number of likely N-dealkylation sites (tertiary alicyclic amines) is 1. The Bertz CT molecular complexity index is 801. The summed E-state index contributed by atoms with van der Waals surface area (Å²) < 4.78 is 0. The van der Waals surface area contributed by atoms with E-state index < -0.39 is 0 Å². The molecule has 1 fully saturated rings. The van der Waals surface area contributed by atoms with E-state index in [1.807, 2.05) is 24.3 Å². The van der Waals surface area contributed by atoms with Gasteiger partial charge in [0.15, 0.2) is 0 Å². The molecule has 1 atom stereocenters. The molecular weight excluding hydrogens is 304 g/mol. The van der Waals surface area contributed by atoms with E-state index in [4.69, 9.17) is 0 Å². The molecule has 0 spiro atoms. The Kier molecular flexibility index (Phi) is 4.66. The molecule has 1 aromatic heterocycles. The Morgan fingerprint density at radius 1 is 1.42 bits per heavy atom. The number of carbonyl (C=O) groups excluding carboxylic acids is 1. The smallest absolute Gasteiger partial charge is 0.270 e. The first kappa shape index (κ1) is 16.6. The molecule has 0 saturated carbocycles. The predicted octanol–water partition coefficient (Wildman–Crippen LogP) is 1.31. The van der Waals surface area contributed by atoms with Crippen LogP contribution in [0.4, 0.5) is 0 Å². The van der Waals surface area contributed by atoms with Crippen LogP contribution in [0.15, 0.2) is 29.1 Å². The molecule has 0 aliphatic carbocycles. The molecule has 1 aliphatic heterocycles. The van der Waals surface area contributed by atoms with Crippen molar-refractivity contribution in [1.82, 2.24) is 20.2 Å². The van der Waals surface area contributed by atoms with Crippen LogP contribution in [0.3, 0.4) is 0 Å². The van der Waals surface area contributed by atoms with Gasteiger partial charge in [0.25, 0.3) is 5.56 Å². The van der Waals surface area contributed by atoms with Crippen molar-refractivity contribution in [1.29, 1.82) is 0 Å². The Morgan fingerprint density at radius 3 is 2.96 bits per heavy atom. The van der Waals surface area contributed by atoms with Crippen LogP contribution < -0.4 is 10.9 Å². The average Bonchev–Trinajstić information content (AvgIpc) is 2.90. The van der Waals surface area contributed by atoms with Gasteiger partial charge in [0, 0.05) is 25.9 Å². The molecule has 6 nitrogen and oxygen atoms in total. The number of aromatic nitrogens is 2. The first-order valence-corrected chi connectivity index (χ1v) is 8.38. The van der Waals surface area contributed by atoms with Crippen molar-refractivity contribution < 1.29 is 4.79 Å². The van der Waals surface area contributed by atoms with Crippen LogP contribution in [0.1, 0.15) is 25.5 Å². The molecule has 6 heteroatoms. The van der Waals surface area contributed by atoms with Crippen molar-refractivity contribution in [3.63, 3.8) is 0 Å². The van der Waals surface area contributed by atoms with Crippen LogP contribution in [0, 0.1) is 5.41 Å². The van der Waals surface area contributed by atoms with Gasteiger partial charge >= 0.3 is 0 Å². The quantitative estimate of drug-likeness (QED) is 0.867. The SMILES string of the molecule is CN1CC[C@@](C)(CNC(=O)CCc2nc3ccccc3[nH]c2=O)C1. The Balaban J connectivity index is 1.56. The summed E-state index contributed by atoms with van der Waals surface area (Å²) in [5, 5.41) is 3.01. The number of carbonyl (C=O) groups is 1. The van der Waals surface area contributed by atoms with E-state index in [9.17, 15) is 9.59 Å². The number of rotatable bonds is 5. The number of fused-ring (bicyclic) bond motifs is 1. The number of nitrogens with zero attached hydrogens (tertiary/aromatic N) is 2. The van der Waals surface area contributed by atoms with E-state index in [0.29, 0.717) is 24.2 Å². The zero-order chi connectivity index (χ0) is 17.2. The molecular formula is C18H24N4O2. The van der Waals surface area contributed by atoms with Gasteiger partial charge in [-0.05, 0) is 37.6 Å². The Morgan fingerprint density at radius 2 is 2.21 bits per heavy atom. The molecule has 3 rings (SSSR count). The lowest BCUT2D eigenvalue weighted by molar-refractivity contribution is -0.121. The minimum absolute atomic E-state index is 0.0277. The first-order chi connectivity index (χ1) is 11.5. The molecule has 2 N–H and O–H groups in total. The molecule has 128 valence electrons. The van der Waals surface area contributed by atoms with Crippen LogP contribution in [0.25, 0.3) is 11.0 Å². The third kappa shape index (κ3) is 3.82. The summed E-state index contributed by atoms with van der Waals surface area (Å²) in [7, 11) is 2.10. The van der Waals surface area contributed by atoms with Gasteiger partial charge in [-0.1, -0.05) is 19.1 Å². The maximum absolute atomic E-state index is 12.1. The molecule has 1 aromatic carbocycles. The number of para-hydroxylation sites is 2. The zero-order valence-electron chi connectivity index (χ0n) is 14.3. The minimum atomic E-state index is -0.217. The van der Waals surface area contributed by atoms with Crippen molar-refractivity contribution in [3.8, 4) is 0 Å². The highest BCUT2D eigenvalue weighted by Gasteiger charge is 2.32. The average molecular weight is 328 g/mol. The molecule has 0 unspecified atom stereocenters. The lowest BCUT2D eigenvalue weighted by Crippen LogP contribution is -2.37. The Labute approximate surface area is 141 Å². The first-order valence-electron chi connectivity index (χ1n) is 8.38. The second-order valence-corrected chi connectivity index (χ2v) is 7.10. The predicted molar refractivity (Wildman–Crippen MR) is 93.9 cm³/mol. The standard InChI is InChI=1S/C18H24N4O2/c1-18(9-10-22(2)12-18)11-19-16(23)8-7-15-17(24)21-14-6-4-3-5-13(14)20-15/h3-6H,7-12H2,1-2H3,(H,19,23)(H,21,24)/t18-/m0/s1. The van der Waals surface area contributed by atoms with Gasteiger partial charge in [0.1, 0.15) is 5.69 Å². The summed E-state index contributed by atoms with van der Waals surface area (Å²) in [6.45, 7) is 4.95. The number of amides is 1. The highest BCUT2D eigenvalue weighted by atomic mass is 16.1. The fraction of sp³-hybridized carbons (Fsp3) is 0.500. The van der Waals surface area contributed by atoms with E-state index >= 15 is 0 Å². The summed E-state index contributed by atoms with van der Waals surface area (Å²) in [5.41, 5.74) is 1.80. The zero-order valence-corrected chi connectivity index (χ0v) is 14.3. The van der Waals surface area contributed by atoms with Crippen molar-refractivity contribution in [2.45, 2.75) is 26.2 Å². The fourth-order valence-electron chi connectivity index (χ4n) is 3.28. The number of benzene rings is 1. The van der Waals surface area contributed by atoms with Gasteiger partial charge in [-0.3, -0.25) is 9.59 Å². The van der Waals surface area contributed by atoms with Gasteiger partial charge < -0.3 is 15.2 Å². The van der Waals surface area contributed by atoms with E-state index in [0.717, 1.165) is 25.0 Å². The van der Waals surface area contributed by atoms with Crippen LogP contribution in [-0.4, -0.2) is 47.5 Å². The lowest BCUT2D eigenvalue weighted by Gasteiger charge is -2.24. The molecule has 1 aliphatic rings. The monoisotopic (exact) mass is 328 g/mol. The summed E-state index contributed by atoms with van der Waals surface area (Å²) in [5.74, 6) is -0.0277. The highest BCUT2D eigenvalue weighted by Crippen LogP contribution is 2.27. The van der Waals surface area contributed by atoms with E-state index in [1.165, 1.54) is 0 Å². The molecule has 1 amide bonds. The van der Waals surface area contributed by atoms with Crippen molar-refractivity contribution in [2.75, 3.05) is 26.7 Å². The third-order valence-electron chi connectivity index (χ3n) is 4.72. The molecule has 1 saturated heterocycles. The van der Waals surface area contributed by atoms with Gasteiger partial charge in [-0.15, -0.1) is 0 Å². The van der Waals surface area contributed by atoms with Crippen LogP contribution >= 0.6 is 0 Å². The van der Waals surface area contributed by atoms with Gasteiger partial charge in [-0.25, -0.2) is 4.98 Å². The van der Waals surface area contributed by atoms with Crippen LogP contribution in [-0.2, 0) is 11.2 Å². The third-order valence-corrected chi connectivity index (χ3v) is 4.72. The fourth-order valence-corrected chi connectivity index (χ4v) is 3.28. The van der Waals surface area contributed by atoms with Gasteiger partial charge in [0.05, 0.1) is 11.0 Å². The number of hydrogen-bond donors (Lipinski definition) is 2. The molecule has 0 bridgehead atoms. The van der Waals surface area contributed by atoms with Gasteiger partial charge in [-0.2, -0.15) is 0 Å². The normalized spacial score (nSPS) is 21.2. The molecule has 2 aromatic rings. The topological polar surface area (TPSA) is 78.1 Å².